The summed E-state index contributed by atoms with van der Waals surface area (Å²) in [6.07, 6.45) is 5.39. The molecule has 1 fully saturated rings. The Morgan fingerprint density at radius 2 is 1.70 bits per heavy atom. The van der Waals surface area contributed by atoms with Crippen LogP contribution < -0.4 is 5.32 Å². The quantitative estimate of drug-likeness (QED) is 0.607. The number of ether oxygens (including phenoxy) is 1. The highest BCUT2D eigenvalue weighted by atomic mass is 16.5. The normalized spacial score (nSPS) is 15.5. The van der Waals surface area contributed by atoms with Crippen molar-refractivity contribution in [2.24, 2.45) is 5.92 Å². The maximum Gasteiger partial charge on any atom is 0.407 e. The molecule has 4 rings (SSSR count). The molecule has 1 saturated heterocycles. The van der Waals surface area contributed by atoms with Gasteiger partial charge >= 0.3 is 12.1 Å². The summed E-state index contributed by atoms with van der Waals surface area (Å²) in [4.78, 5) is 37.6. The molecule has 170 valence electrons. The number of carboxylic acids is 1. The Hall–Kier alpha value is -3.79. The van der Waals surface area contributed by atoms with Gasteiger partial charge in [0.25, 0.3) is 0 Å². The predicted octanol–water partition coefficient (Wildman–Crippen LogP) is 3.24. The van der Waals surface area contributed by atoms with Crippen molar-refractivity contribution in [2.75, 3.05) is 19.7 Å². The Morgan fingerprint density at radius 1 is 1.09 bits per heavy atom. The van der Waals surface area contributed by atoms with E-state index in [4.69, 9.17) is 16.3 Å². The zero-order chi connectivity index (χ0) is 23.4. The largest absolute Gasteiger partial charge is 0.481 e. The van der Waals surface area contributed by atoms with Crippen LogP contribution >= 0.6 is 0 Å². The molecule has 2 aromatic rings. The Balaban J connectivity index is 1.33. The molecule has 7 heteroatoms. The van der Waals surface area contributed by atoms with Crippen LogP contribution in [-0.4, -0.2) is 53.7 Å². The summed E-state index contributed by atoms with van der Waals surface area (Å²) in [6.45, 7) is 1.09. The number of hydrogen-bond acceptors (Lipinski definition) is 4. The van der Waals surface area contributed by atoms with Gasteiger partial charge in [-0.15, -0.1) is 12.3 Å². The lowest BCUT2D eigenvalue weighted by atomic mass is 9.93. The summed E-state index contributed by atoms with van der Waals surface area (Å²) in [7, 11) is 0. The van der Waals surface area contributed by atoms with Crippen LogP contribution in [0.25, 0.3) is 11.1 Å². The van der Waals surface area contributed by atoms with E-state index in [0.29, 0.717) is 19.5 Å². The maximum absolute atomic E-state index is 12.8. The van der Waals surface area contributed by atoms with Crippen LogP contribution in [0, 0.1) is 18.3 Å². The molecule has 2 aromatic carbocycles. The molecule has 1 heterocycles. The van der Waals surface area contributed by atoms with E-state index in [9.17, 15) is 14.4 Å². The van der Waals surface area contributed by atoms with Crippen molar-refractivity contribution in [1.29, 1.82) is 0 Å². The van der Waals surface area contributed by atoms with E-state index in [0.717, 1.165) is 22.3 Å². The minimum atomic E-state index is -0.869. The average molecular weight is 447 g/mol. The van der Waals surface area contributed by atoms with Crippen LogP contribution in [0.4, 0.5) is 4.79 Å². The summed E-state index contributed by atoms with van der Waals surface area (Å²) in [6, 6.07) is 15.2. The SMILES string of the molecule is C#CCC(NC(=O)OCC1c2ccccc2-c2ccccc21)C(=O)N1CC(CCC(=O)O)C1. The molecule has 0 radical (unpaired) electrons. The number of amides is 2. The molecule has 2 aliphatic rings. The van der Waals surface area contributed by atoms with Crippen molar-refractivity contribution in [3.05, 3.63) is 59.7 Å². The standard InChI is InChI=1S/C26H26N2O5/c1-2-7-23(25(31)28-14-17(15-28)12-13-24(29)30)27-26(32)33-16-22-20-10-5-3-8-18(20)19-9-4-6-11-21(19)22/h1,3-6,8-11,17,22-23H,7,12-16H2,(H,27,32)(H,29,30). The summed E-state index contributed by atoms with van der Waals surface area (Å²) >= 11 is 0. The first-order chi connectivity index (χ1) is 16.0. The third kappa shape index (κ3) is 4.85. The van der Waals surface area contributed by atoms with Crippen LogP contribution in [0.1, 0.15) is 36.3 Å². The van der Waals surface area contributed by atoms with Gasteiger partial charge in [0.05, 0.1) is 0 Å². The summed E-state index contributed by atoms with van der Waals surface area (Å²) in [5.41, 5.74) is 4.49. The lowest BCUT2D eigenvalue weighted by Crippen LogP contribution is -2.57. The van der Waals surface area contributed by atoms with Crippen molar-refractivity contribution < 1.29 is 24.2 Å². The fourth-order valence-electron chi connectivity index (χ4n) is 4.58. The summed E-state index contributed by atoms with van der Waals surface area (Å²) in [5.74, 6) is 1.40. The van der Waals surface area contributed by atoms with Gasteiger partial charge in [0.15, 0.2) is 0 Å². The number of carbonyl (C=O) groups excluding carboxylic acids is 2. The van der Waals surface area contributed by atoms with Crippen LogP contribution in [0.15, 0.2) is 48.5 Å². The third-order valence-corrected chi connectivity index (χ3v) is 6.29. The van der Waals surface area contributed by atoms with Gasteiger partial charge < -0.3 is 20.1 Å². The summed E-state index contributed by atoms with van der Waals surface area (Å²) in [5, 5.41) is 11.4. The second kappa shape index (κ2) is 9.78. The van der Waals surface area contributed by atoms with Gasteiger partial charge in [-0.2, -0.15) is 0 Å². The number of nitrogens with one attached hydrogen (secondary N) is 1. The molecule has 2 amide bonds. The van der Waals surface area contributed by atoms with Crippen LogP contribution in [0.5, 0.6) is 0 Å². The van der Waals surface area contributed by atoms with Gasteiger partial charge in [-0.1, -0.05) is 48.5 Å². The van der Waals surface area contributed by atoms with Crippen molar-refractivity contribution in [3.63, 3.8) is 0 Å². The fraction of sp³-hybridized carbons (Fsp3) is 0.346. The molecule has 2 N–H and O–H groups in total. The number of carboxylic acid groups (broad SMARTS) is 1. The first kappa shape index (κ1) is 22.4. The molecular formula is C26H26N2O5. The number of likely N-dealkylation sites (tertiary alicyclic amines) is 1. The van der Waals surface area contributed by atoms with E-state index in [2.05, 4.69) is 23.4 Å². The molecule has 1 aliphatic heterocycles. The van der Waals surface area contributed by atoms with Crippen molar-refractivity contribution >= 4 is 18.0 Å². The molecule has 33 heavy (non-hydrogen) atoms. The molecule has 0 saturated carbocycles. The van der Waals surface area contributed by atoms with Gasteiger partial charge in [0, 0.05) is 31.8 Å². The molecule has 7 nitrogen and oxygen atoms in total. The zero-order valence-electron chi connectivity index (χ0n) is 18.2. The Bertz CT molecular complexity index is 1050. The Labute approximate surface area is 192 Å². The lowest BCUT2D eigenvalue weighted by Gasteiger charge is -2.40. The van der Waals surface area contributed by atoms with Crippen LogP contribution in [0.2, 0.25) is 0 Å². The highest BCUT2D eigenvalue weighted by Crippen LogP contribution is 2.44. The highest BCUT2D eigenvalue weighted by Gasteiger charge is 2.35. The number of aliphatic carboxylic acids is 1. The van der Waals surface area contributed by atoms with E-state index in [-0.39, 0.29) is 37.2 Å². The number of alkyl carbamates (subject to hydrolysis) is 1. The third-order valence-electron chi connectivity index (χ3n) is 6.29. The van der Waals surface area contributed by atoms with Gasteiger partial charge in [0.1, 0.15) is 12.6 Å². The summed E-state index contributed by atoms with van der Waals surface area (Å²) < 4.78 is 5.53. The first-order valence-electron chi connectivity index (χ1n) is 11.0. The van der Waals surface area contributed by atoms with Crippen molar-refractivity contribution in [2.45, 2.75) is 31.2 Å². The fourth-order valence-corrected chi connectivity index (χ4v) is 4.58. The van der Waals surface area contributed by atoms with Crippen molar-refractivity contribution in [1.82, 2.24) is 10.2 Å². The number of terminal acetylenes is 1. The average Bonchev–Trinajstić information content (AvgIpc) is 3.10. The van der Waals surface area contributed by atoms with Gasteiger partial charge in [-0.3, -0.25) is 9.59 Å². The molecule has 1 aliphatic carbocycles. The minimum absolute atomic E-state index is 0.0549. The molecule has 1 atom stereocenters. The Kier molecular flexibility index (Phi) is 6.64. The topological polar surface area (TPSA) is 95.9 Å². The molecule has 0 bridgehead atoms. The molecule has 0 spiro atoms. The van der Waals surface area contributed by atoms with Crippen molar-refractivity contribution in [3.8, 4) is 23.5 Å². The number of rotatable bonds is 8. The lowest BCUT2D eigenvalue weighted by molar-refractivity contribution is -0.140. The number of hydrogen-bond donors (Lipinski definition) is 2. The van der Waals surface area contributed by atoms with Gasteiger partial charge in [-0.25, -0.2) is 4.79 Å². The van der Waals surface area contributed by atoms with E-state index in [1.807, 2.05) is 36.4 Å². The molecular weight excluding hydrogens is 420 g/mol. The first-order valence-corrected chi connectivity index (χ1v) is 11.0. The number of nitrogens with zero attached hydrogens (tertiary/aromatic N) is 1. The van der Waals surface area contributed by atoms with Gasteiger partial charge in [0.2, 0.25) is 5.91 Å². The minimum Gasteiger partial charge on any atom is -0.481 e. The second-order valence-corrected chi connectivity index (χ2v) is 8.47. The van der Waals surface area contributed by atoms with E-state index in [1.54, 1.807) is 4.90 Å². The van der Waals surface area contributed by atoms with Crippen LogP contribution in [-0.2, 0) is 14.3 Å². The molecule has 0 aromatic heterocycles. The maximum atomic E-state index is 12.8. The number of benzene rings is 2. The number of carbonyl (C=O) groups is 3. The van der Waals surface area contributed by atoms with E-state index < -0.39 is 18.1 Å². The monoisotopic (exact) mass is 446 g/mol. The smallest absolute Gasteiger partial charge is 0.407 e. The molecule has 1 unspecified atom stereocenters. The zero-order valence-corrected chi connectivity index (χ0v) is 18.2. The Morgan fingerprint density at radius 3 is 2.27 bits per heavy atom. The number of fused-ring (bicyclic) bond motifs is 3. The van der Waals surface area contributed by atoms with Gasteiger partial charge in [-0.05, 0) is 34.6 Å². The van der Waals surface area contributed by atoms with Crippen LogP contribution in [0.3, 0.4) is 0 Å². The van der Waals surface area contributed by atoms with E-state index >= 15 is 0 Å². The van der Waals surface area contributed by atoms with E-state index in [1.165, 1.54) is 0 Å². The highest BCUT2D eigenvalue weighted by molar-refractivity contribution is 5.86. The predicted molar refractivity (Wildman–Crippen MR) is 122 cm³/mol. The second-order valence-electron chi connectivity index (χ2n) is 8.47.